The molecule has 1 fully saturated rings. The Balaban J connectivity index is 2.04. The summed E-state index contributed by atoms with van der Waals surface area (Å²) in [7, 11) is 0. The smallest absolute Gasteiger partial charge is 0.0951 e. The van der Waals surface area contributed by atoms with Crippen LogP contribution in [0.15, 0.2) is 30.5 Å². The molecule has 2 aromatic rings. The number of fused-ring (bicyclic) bond motifs is 1. The third-order valence-corrected chi connectivity index (χ3v) is 3.94. The van der Waals surface area contributed by atoms with Gasteiger partial charge in [0, 0.05) is 22.8 Å². The van der Waals surface area contributed by atoms with E-state index in [4.69, 9.17) is 5.73 Å². The van der Waals surface area contributed by atoms with Gasteiger partial charge in [0.2, 0.25) is 0 Å². The number of rotatable bonds is 2. The molecule has 3 heteroatoms. The summed E-state index contributed by atoms with van der Waals surface area (Å²) in [6, 6.07) is 8.06. The van der Waals surface area contributed by atoms with Crippen molar-refractivity contribution in [3.8, 4) is 0 Å². The largest absolute Gasteiger partial charge is 0.397 e. The molecule has 1 heterocycles. The van der Waals surface area contributed by atoms with Crippen molar-refractivity contribution >= 4 is 22.3 Å². The van der Waals surface area contributed by atoms with Crippen LogP contribution < -0.4 is 11.1 Å². The van der Waals surface area contributed by atoms with Crippen molar-refractivity contribution in [2.45, 2.75) is 38.1 Å². The molecule has 0 radical (unpaired) electrons. The molecular weight excluding hydrogens is 222 g/mol. The molecule has 3 nitrogen and oxygen atoms in total. The van der Waals surface area contributed by atoms with E-state index in [0.717, 1.165) is 22.3 Å². The average Bonchev–Trinajstić information content (AvgIpc) is 2.80. The molecular formula is C15H19N3. The lowest BCUT2D eigenvalue weighted by Crippen LogP contribution is -2.30. The molecule has 18 heavy (non-hydrogen) atoms. The summed E-state index contributed by atoms with van der Waals surface area (Å²) in [4.78, 5) is 4.37. The molecule has 1 aliphatic rings. The van der Waals surface area contributed by atoms with Crippen LogP contribution in [-0.4, -0.2) is 10.5 Å². The van der Waals surface area contributed by atoms with E-state index in [9.17, 15) is 0 Å². The first kappa shape index (κ1) is 11.3. The van der Waals surface area contributed by atoms with Crippen LogP contribution in [0, 0.1) is 0 Å². The van der Waals surface area contributed by atoms with Crippen LogP contribution in [0.5, 0.6) is 0 Å². The SMILES string of the molecule is CC1(Nc2ccc(N)c3ncccc23)CCCC1. The number of pyridine rings is 1. The minimum atomic E-state index is 0.221. The van der Waals surface area contributed by atoms with Crippen LogP contribution in [0.1, 0.15) is 32.6 Å². The van der Waals surface area contributed by atoms with Crippen LogP contribution in [0.4, 0.5) is 11.4 Å². The summed E-state index contributed by atoms with van der Waals surface area (Å²) < 4.78 is 0. The second-order valence-electron chi connectivity index (χ2n) is 5.49. The van der Waals surface area contributed by atoms with Crippen LogP contribution in [0.25, 0.3) is 10.9 Å². The second kappa shape index (κ2) is 4.16. The summed E-state index contributed by atoms with van der Waals surface area (Å²) in [5.41, 5.74) is 8.98. The van der Waals surface area contributed by atoms with Gasteiger partial charge in [0.15, 0.2) is 0 Å². The van der Waals surface area contributed by atoms with E-state index >= 15 is 0 Å². The zero-order valence-corrected chi connectivity index (χ0v) is 10.7. The van der Waals surface area contributed by atoms with Crippen molar-refractivity contribution in [2.75, 3.05) is 11.1 Å². The fourth-order valence-corrected chi connectivity index (χ4v) is 2.91. The van der Waals surface area contributed by atoms with Gasteiger partial charge in [-0.05, 0) is 44.0 Å². The van der Waals surface area contributed by atoms with Crippen LogP contribution in [0.2, 0.25) is 0 Å². The lowest BCUT2D eigenvalue weighted by Gasteiger charge is -2.27. The van der Waals surface area contributed by atoms with Gasteiger partial charge in [-0.3, -0.25) is 4.98 Å². The fourth-order valence-electron chi connectivity index (χ4n) is 2.91. The van der Waals surface area contributed by atoms with Crippen LogP contribution >= 0.6 is 0 Å². The molecule has 1 aromatic carbocycles. The summed E-state index contributed by atoms with van der Waals surface area (Å²) in [6.07, 6.45) is 6.89. The lowest BCUT2D eigenvalue weighted by molar-refractivity contribution is 0.534. The van der Waals surface area contributed by atoms with Gasteiger partial charge < -0.3 is 11.1 Å². The molecule has 1 aliphatic carbocycles. The van der Waals surface area contributed by atoms with Crippen molar-refractivity contribution in [1.82, 2.24) is 4.98 Å². The van der Waals surface area contributed by atoms with Crippen molar-refractivity contribution in [1.29, 1.82) is 0 Å². The van der Waals surface area contributed by atoms with Crippen molar-refractivity contribution < 1.29 is 0 Å². The number of anilines is 2. The van der Waals surface area contributed by atoms with E-state index in [2.05, 4.69) is 29.4 Å². The first-order chi connectivity index (χ1) is 8.68. The number of nitrogens with two attached hydrogens (primary N) is 1. The van der Waals surface area contributed by atoms with E-state index in [1.54, 1.807) is 6.20 Å². The standard InChI is InChI=1S/C15H19N3/c1-15(8-2-3-9-15)18-13-7-6-12(16)14-11(13)5-4-10-17-14/h4-7,10,18H,2-3,8-9,16H2,1H3. The van der Waals surface area contributed by atoms with Gasteiger partial charge in [0.05, 0.1) is 11.2 Å². The predicted molar refractivity (Wildman–Crippen MR) is 76.7 cm³/mol. The molecule has 0 atom stereocenters. The van der Waals surface area contributed by atoms with Gasteiger partial charge in [-0.25, -0.2) is 0 Å². The third-order valence-electron chi connectivity index (χ3n) is 3.94. The summed E-state index contributed by atoms with van der Waals surface area (Å²) in [5, 5.41) is 4.81. The zero-order valence-electron chi connectivity index (χ0n) is 10.7. The molecule has 0 amide bonds. The number of benzene rings is 1. The predicted octanol–water partition coefficient (Wildman–Crippen LogP) is 3.56. The topological polar surface area (TPSA) is 50.9 Å². The Hall–Kier alpha value is -1.77. The molecule has 0 unspecified atom stereocenters. The van der Waals surface area contributed by atoms with Gasteiger partial charge in [-0.1, -0.05) is 12.8 Å². The maximum atomic E-state index is 5.98. The number of aromatic nitrogens is 1. The quantitative estimate of drug-likeness (QED) is 0.790. The Morgan fingerprint density at radius 3 is 2.78 bits per heavy atom. The number of hydrogen-bond acceptors (Lipinski definition) is 3. The minimum Gasteiger partial charge on any atom is -0.397 e. The lowest BCUT2D eigenvalue weighted by atomic mass is 9.99. The first-order valence-corrected chi connectivity index (χ1v) is 6.59. The van der Waals surface area contributed by atoms with Crippen LogP contribution in [-0.2, 0) is 0 Å². The molecule has 3 N–H and O–H groups in total. The molecule has 0 aliphatic heterocycles. The minimum absolute atomic E-state index is 0.221. The van der Waals surface area contributed by atoms with Gasteiger partial charge in [0.1, 0.15) is 0 Å². The Kier molecular flexibility index (Phi) is 2.62. The van der Waals surface area contributed by atoms with Crippen molar-refractivity contribution in [3.05, 3.63) is 30.5 Å². The maximum Gasteiger partial charge on any atom is 0.0951 e. The Morgan fingerprint density at radius 2 is 2.00 bits per heavy atom. The van der Waals surface area contributed by atoms with E-state index in [1.807, 2.05) is 12.1 Å². The highest BCUT2D eigenvalue weighted by Gasteiger charge is 2.28. The number of nitrogens with zero attached hydrogens (tertiary/aromatic N) is 1. The van der Waals surface area contributed by atoms with E-state index < -0.39 is 0 Å². The number of nitrogens with one attached hydrogen (secondary N) is 1. The van der Waals surface area contributed by atoms with Gasteiger partial charge in [0.25, 0.3) is 0 Å². The van der Waals surface area contributed by atoms with E-state index in [0.29, 0.717) is 0 Å². The van der Waals surface area contributed by atoms with Gasteiger partial charge in [-0.15, -0.1) is 0 Å². The van der Waals surface area contributed by atoms with E-state index in [-0.39, 0.29) is 5.54 Å². The maximum absolute atomic E-state index is 5.98. The van der Waals surface area contributed by atoms with Crippen molar-refractivity contribution in [3.63, 3.8) is 0 Å². The highest BCUT2D eigenvalue weighted by atomic mass is 15.0. The fraction of sp³-hybridized carbons (Fsp3) is 0.400. The molecule has 3 rings (SSSR count). The normalized spacial score (nSPS) is 18.1. The molecule has 0 spiro atoms. The highest BCUT2D eigenvalue weighted by molar-refractivity contribution is 5.98. The van der Waals surface area contributed by atoms with Gasteiger partial charge >= 0.3 is 0 Å². The molecule has 1 saturated carbocycles. The van der Waals surface area contributed by atoms with E-state index in [1.165, 1.54) is 25.7 Å². The second-order valence-corrected chi connectivity index (χ2v) is 5.49. The average molecular weight is 241 g/mol. The number of nitrogen functional groups attached to an aromatic ring is 1. The highest BCUT2D eigenvalue weighted by Crippen LogP contribution is 2.35. The zero-order chi connectivity index (χ0) is 12.6. The summed E-state index contributed by atoms with van der Waals surface area (Å²) in [5.74, 6) is 0. The Morgan fingerprint density at radius 1 is 1.22 bits per heavy atom. The Labute approximate surface area is 107 Å². The number of hydrogen-bond donors (Lipinski definition) is 2. The monoisotopic (exact) mass is 241 g/mol. The van der Waals surface area contributed by atoms with Gasteiger partial charge in [-0.2, -0.15) is 0 Å². The van der Waals surface area contributed by atoms with Crippen molar-refractivity contribution in [2.24, 2.45) is 0 Å². The first-order valence-electron chi connectivity index (χ1n) is 6.59. The molecule has 94 valence electrons. The Bertz CT molecular complexity index is 571. The summed E-state index contributed by atoms with van der Waals surface area (Å²) >= 11 is 0. The third kappa shape index (κ3) is 1.90. The van der Waals surface area contributed by atoms with Crippen LogP contribution in [0.3, 0.4) is 0 Å². The molecule has 0 bridgehead atoms. The summed E-state index contributed by atoms with van der Waals surface area (Å²) in [6.45, 7) is 2.30. The molecule has 1 aromatic heterocycles. The molecule has 0 saturated heterocycles.